The lowest BCUT2D eigenvalue weighted by Gasteiger charge is -2.26. The van der Waals surface area contributed by atoms with Gasteiger partial charge in [-0.05, 0) is 157 Å². The minimum Gasteiger partial charge on any atom is -0.436 e. The Labute approximate surface area is 361 Å². The van der Waals surface area contributed by atoms with Crippen LogP contribution in [-0.4, -0.2) is 9.55 Å². The van der Waals surface area contributed by atoms with Crippen molar-refractivity contribution in [1.82, 2.24) is 9.55 Å². The number of nitrogens with zero attached hydrogens (tertiary/aromatic N) is 4. The van der Waals surface area contributed by atoms with Gasteiger partial charge >= 0.3 is 0 Å². The Morgan fingerprint density at radius 3 is 1.35 bits per heavy atom. The second kappa shape index (κ2) is 15.5. The summed E-state index contributed by atoms with van der Waals surface area (Å²) in [5, 5.41) is 2.33. The van der Waals surface area contributed by atoms with Crippen molar-refractivity contribution in [2.75, 3.05) is 9.80 Å². The fraction of sp³-hybridized carbons (Fsp3) is 0.0351. The third-order valence-corrected chi connectivity index (χ3v) is 11.8. The van der Waals surface area contributed by atoms with E-state index >= 15 is 0 Å². The van der Waals surface area contributed by atoms with Crippen LogP contribution in [0.5, 0.6) is 0 Å². The maximum atomic E-state index is 6.19. The highest BCUT2D eigenvalue weighted by Gasteiger charge is 2.21. The number of hydrogen-bond acceptors (Lipinski definition) is 4. The van der Waals surface area contributed by atoms with Gasteiger partial charge in [-0.3, -0.25) is 0 Å². The minimum absolute atomic E-state index is 0.637. The molecule has 5 nitrogen and oxygen atoms in total. The second-order valence-electron chi connectivity index (χ2n) is 15.8. The molecule has 62 heavy (non-hydrogen) atoms. The largest absolute Gasteiger partial charge is 0.436 e. The van der Waals surface area contributed by atoms with Crippen LogP contribution < -0.4 is 9.80 Å². The van der Waals surface area contributed by atoms with Gasteiger partial charge in [0.1, 0.15) is 5.52 Å². The number of benzene rings is 9. The molecule has 0 atom stereocenters. The standard InChI is InChI=1S/C57H42N4O/c1-39-34-42(57-58-52-28-15-16-29-55(52)62-57)35-40(2)56(39)41-18-17-27-47(36-41)61-53-32-30-48(59(43-19-7-3-8-20-43)44-21-9-4-10-22-44)37-50(53)51-38-49(31-33-54(51)61)60(45-23-11-5-12-24-45)46-25-13-6-14-26-46/h3-38H,1-2H3. The van der Waals surface area contributed by atoms with Crippen LogP contribution in [0.4, 0.5) is 34.1 Å². The number of hydrogen-bond donors (Lipinski definition) is 0. The molecule has 0 saturated heterocycles. The van der Waals surface area contributed by atoms with Crippen molar-refractivity contribution in [3.05, 3.63) is 230 Å². The predicted molar refractivity (Wildman–Crippen MR) is 258 cm³/mol. The van der Waals surface area contributed by atoms with Crippen molar-refractivity contribution in [3.63, 3.8) is 0 Å². The molecule has 0 N–H and O–H groups in total. The summed E-state index contributed by atoms with van der Waals surface area (Å²) < 4.78 is 8.61. The van der Waals surface area contributed by atoms with Crippen LogP contribution >= 0.6 is 0 Å². The van der Waals surface area contributed by atoms with Crippen LogP contribution in [0.3, 0.4) is 0 Å². The zero-order valence-electron chi connectivity index (χ0n) is 34.5. The van der Waals surface area contributed by atoms with Crippen LogP contribution in [-0.2, 0) is 0 Å². The molecule has 0 bridgehead atoms. The molecule has 0 radical (unpaired) electrons. The van der Waals surface area contributed by atoms with E-state index in [0.29, 0.717) is 5.89 Å². The molecule has 0 saturated carbocycles. The van der Waals surface area contributed by atoms with E-state index in [1.165, 1.54) is 16.7 Å². The molecule has 2 aromatic heterocycles. The van der Waals surface area contributed by atoms with Crippen molar-refractivity contribution >= 4 is 67.0 Å². The average Bonchev–Trinajstić information content (AvgIpc) is 3.90. The molecule has 296 valence electrons. The lowest BCUT2D eigenvalue weighted by atomic mass is 9.93. The molecule has 11 rings (SSSR count). The average molecular weight is 799 g/mol. The molecule has 0 aliphatic carbocycles. The quantitative estimate of drug-likeness (QED) is 0.146. The van der Waals surface area contributed by atoms with E-state index in [1.54, 1.807) is 0 Å². The molecule has 0 aliphatic rings. The number of aromatic nitrogens is 2. The van der Waals surface area contributed by atoms with Gasteiger partial charge in [0, 0.05) is 56.1 Å². The number of oxazole rings is 1. The third-order valence-electron chi connectivity index (χ3n) is 11.8. The monoisotopic (exact) mass is 798 g/mol. The number of para-hydroxylation sites is 6. The lowest BCUT2D eigenvalue weighted by Crippen LogP contribution is -2.09. The first-order valence-electron chi connectivity index (χ1n) is 21.0. The van der Waals surface area contributed by atoms with Crippen molar-refractivity contribution in [3.8, 4) is 28.3 Å². The zero-order valence-corrected chi connectivity index (χ0v) is 34.5. The molecule has 11 aromatic rings. The molecule has 0 unspecified atom stereocenters. The highest BCUT2D eigenvalue weighted by molar-refractivity contribution is 6.12. The van der Waals surface area contributed by atoms with Crippen LogP contribution in [0.15, 0.2) is 223 Å². The van der Waals surface area contributed by atoms with Gasteiger partial charge in [-0.25, -0.2) is 4.98 Å². The van der Waals surface area contributed by atoms with Gasteiger partial charge in [-0.15, -0.1) is 0 Å². The van der Waals surface area contributed by atoms with Gasteiger partial charge in [-0.2, -0.15) is 0 Å². The minimum atomic E-state index is 0.637. The molecule has 0 aliphatic heterocycles. The topological polar surface area (TPSA) is 37.4 Å². The van der Waals surface area contributed by atoms with Gasteiger partial charge in [0.2, 0.25) is 5.89 Å². The van der Waals surface area contributed by atoms with Crippen LogP contribution in [0, 0.1) is 13.8 Å². The van der Waals surface area contributed by atoms with E-state index < -0.39 is 0 Å². The maximum absolute atomic E-state index is 6.19. The summed E-state index contributed by atoms with van der Waals surface area (Å²) in [6, 6.07) is 77.5. The molecular formula is C57H42N4O. The Bertz CT molecular complexity index is 3100. The molecule has 9 aromatic carbocycles. The molecule has 0 fully saturated rings. The van der Waals surface area contributed by atoms with Crippen molar-refractivity contribution in [2.45, 2.75) is 13.8 Å². The first kappa shape index (κ1) is 36.9. The molecule has 0 amide bonds. The van der Waals surface area contributed by atoms with E-state index in [-0.39, 0.29) is 0 Å². The number of fused-ring (bicyclic) bond motifs is 4. The van der Waals surface area contributed by atoms with E-state index in [9.17, 15) is 0 Å². The fourth-order valence-corrected chi connectivity index (χ4v) is 9.10. The molecular weight excluding hydrogens is 757 g/mol. The van der Waals surface area contributed by atoms with Crippen molar-refractivity contribution in [1.29, 1.82) is 0 Å². The summed E-state index contributed by atoms with van der Waals surface area (Å²) in [6.45, 7) is 4.36. The summed E-state index contributed by atoms with van der Waals surface area (Å²) in [4.78, 5) is 9.47. The highest BCUT2D eigenvalue weighted by Crippen LogP contribution is 2.43. The molecule has 0 spiro atoms. The Balaban J connectivity index is 1.10. The normalized spacial score (nSPS) is 11.4. The van der Waals surface area contributed by atoms with Gasteiger partial charge in [-0.1, -0.05) is 97.1 Å². The summed E-state index contributed by atoms with van der Waals surface area (Å²) >= 11 is 0. The lowest BCUT2D eigenvalue weighted by molar-refractivity contribution is 0.619. The van der Waals surface area contributed by atoms with Crippen LogP contribution in [0.2, 0.25) is 0 Å². The van der Waals surface area contributed by atoms with Crippen LogP contribution in [0.1, 0.15) is 11.1 Å². The first-order valence-corrected chi connectivity index (χ1v) is 21.0. The van der Waals surface area contributed by atoms with E-state index in [1.807, 2.05) is 24.3 Å². The van der Waals surface area contributed by atoms with Crippen molar-refractivity contribution in [2.24, 2.45) is 0 Å². The SMILES string of the molecule is Cc1cc(-c2nc3ccccc3o2)cc(C)c1-c1cccc(-n2c3ccc(N(c4ccccc4)c4ccccc4)cc3c3cc(N(c4ccccc4)c4ccccc4)ccc32)c1. The first-order chi connectivity index (χ1) is 30.6. The van der Waals surface area contributed by atoms with E-state index in [4.69, 9.17) is 9.40 Å². The fourth-order valence-electron chi connectivity index (χ4n) is 9.10. The Morgan fingerprint density at radius 1 is 0.403 bits per heavy atom. The zero-order chi connectivity index (χ0) is 41.6. The summed E-state index contributed by atoms with van der Waals surface area (Å²) in [6.07, 6.45) is 0. The smallest absolute Gasteiger partial charge is 0.227 e. The summed E-state index contributed by atoms with van der Waals surface area (Å²) in [7, 11) is 0. The molecule has 2 heterocycles. The Kier molecular flexibility index (Phi) is 9.20. The predicted octanol–water partition coefficient (Wildman–Crippen LogP) is 15.8. The number of rotatable bonds is 9. The van der Waals surface area contributed by atoms with E-state index in [0.717, 1.165) is 83.8 Å². The summed E-state index contributed by atoms with van der Waals surface area (Å²) in [5.41, 5.74) is 17.2. The van der Waals surface area contributed by atoms with Gasteiger partial charge < -0.3 is 18.8 Å². The third kappa shape index (κ3) is 6.57. The maximum Gasteiger partial charge on any atom is 0.227 e. The Hall–Kier alpha value is -8.15. The van der Waals surface area contributed by atoms with Crippen molar-refractivity contribution < 1.29 is 4.42 Å². The van der Waals surface area contributed by atoms with Gasteiger partial charge in [0.25, 0.3) is 0 Å². The van der Waals surface area contributed by atoms with E-state index in [2.05, 4.69) is 222 Å². The summed E-state index contributed by atoms with van der Waals surface area (Å²) in [5.74, 6) is 0.637. The van der Waals surface area contributed by atoms with Gasteiger partial charge in [0.15, 0.2) is 5.58 Å². The second-order valence-corrected chi connectivity index (χ2v) is 15.8. The highest BCUT2D eigenvalue weighted by atomic mass is 16.3. The molecule has 5 heteroatoms. The number of aryl methyl sites for hydroxylation is 2. The Morgan fingerprint density at radius 2 is 0.871 bits per heavy atom. The van der Waals surface area contributed by atoms with Gasteiger partial charge in [0.05, 0.1) is 11.0 Å². The number of anilines is 6. The van der Waals surface area contributed by atoms with Crippen LogP contribution in [0.25, 0.3) is 61.2 Å².